The summed E-state index contributed by atoms with van der Waals surface area (Å²) in [5.41, 5.74) is 1.12. The van der Waals surface area contributed by atoms with E-state index in [9.17, 15) is 9.18 Å². The molecule has 0 aliphatic heterocycles. The summed E-state index contributed by atoms with van der Waals surface area (Å²) in [6, 6.07) is 5.53. The highest BCUT2D eigenvalue weighted by Crippen LogP contribution is 2.11. The van der Waals surface area contributed by atoms with Crippen molar-refractivity contribution in [3.8, 4) is 0 Å². The lowest BCUT2D eigenvalue weighted by Gasteiger charge is -2.13. The van der Waals surface area contributed by atoms with Gasteiger partial charge in [-0.1, -0.05) is 31.5 Å². The number of aryl methyl sites for hydroxylation is 1. The van der Waals surface area contributed by atoms with Crippen LogP contribution in [-0.2, 0) is 11.3 Å². The maximum Gasteiger partial charge on any atom is 0.234 e. The Morgan fingerprint density at radius 3 is 2.84 bits per heavy atom. The number of hydrogen-bond donors (Lipinski definition) is 2. The van der Waals surface area contributed by atoms with E-state index in [0.29, 0.717) is 17.2 Å². The Hall–Kier alpha value is -1.42. The predicted molar refractivity (Wildman–Crippen MR) is 75.4 cm³/mol. The van der Waals surface area contributed by atoms with Gasteiger partial charge in [0.15, 0.2) is 0 Å². The zero-order chi connectivity index (χ0) is 14.3. The van der Waals surface area contributed by atoms with E-state index in [1.54, 1.807) is 25.1 Å². The molecule has 0 aliphatic rings. The molecule has 106 valence electrons. The predicted octanol–water partition coefficient (Wildman–Crippen LogP) is 2.53. The van der Waals surface area contributed by atoms with E-state index in [2.05, 4.69) is 24.5 Å². The van der Waals surface area contributed by atoms with Gasteiger partial charge in [-0.2, -0.15) is 0 Å². The van der Waals surface area contributed by atoms with Crippen molar-refractivity contribution in [1.29, 1.82) is 0 Å². The van der Waals surface area contributed by atoms with Gasteiger partial charge in [0.1, 0.15) is 5.82 Å². The standard InChI is InChI=1S/C15H23FN2O/c1-4-6-12(3)17-10-14(19)18-9-13-8-5-7-11(2)15(13)16/h5,7-8,12,17H,4,6,9-10H2,1-3H3,(H,18,19)/t12-/m0/s1. The number of carbonyl (C=O) groups excluding carboxylic acids is 1. The molecule has 0 bridgehead atoms. The van der Waals surface area contributed by atoms with Gasteiger partial charge in [-0.3, -0.25) is 4.79 Å². The molecular weight excluding hydrogens is 243 g/mol. The van der Waals surface area contributed by atoms with Crippen molar-refractivity contribution in [3.05, 3.63) is 35.1 Å². The second-order valence-electron chi connectivity index (χ2n) is 4.90. The molecule has 0 saturated carbocycles. The van der Waals surface area contributed by atoms with E-state index in [-0.39, 0.29) is 24.8 Å². The molecular formula is C15H23FN2O. The van der Waals surface area contributed by atoms with Crippen LogP contribution in [0.25, 0.3) is 0 Å². The molecule has 0 aromatic heterocycles. The third-order valence-electron chi connectivity index (χ3n) is 3.08. The monoisotopic (exact) mass is 266 g/mol. The molecule has 1 rings (SSSR count). The summed E-state index contributed by atoms with van der Waals surface area (Å²) in [5, 5.41) is 5.86. The summed E-state index contributed by atoms with van der Waals surface area (Å²) in [5.74, 6) is -0.348. The van der Waals surface area contributed by atoms with Gasteiger partial charge >= 0.3 is 0 Å². The summed E-state index contributed by atoms with van der Waals surface area (Å²) in [4.78, 5) is 11.6. The Bertz CT molecular complexity index is 421. The maximum absolute atomic E-state index is 13.7. The van der Waals surface area contributed by atoms with Gasteiger partial charge in [0.05, 0.1) is 6.54 Å². The smallest absolute Gasteiger partial charge is 0.234 e. The average molecular weight is 266 g/mol. The molecule has 0 heterocycles. The third-order valence-corrected chi connectivity index (χ3v) is 3.08. The van der Waals surface area contributed by atoms with E-state index in [1.807, 2.05) is 0 Å². The molecule has 19 heavy (non-hydrogen) atoms. The summed E-state index contributed by atoms with van der Waals surface area (Å²) in [7, 11) is 0. The van der Waals surface area contributed by atoms with Crippen LogP contribution in [0, 0.1) is 12.7 Å². The summed E-state index contributed by atoms with van der Waals surface area (Å²) >= 11 is 0. The van der Waals surface area contributed by atoms with Crippen molar-refractivity contribution in [2.45, 2.75) is 46.2 Å². The molecule has 1 aromatic rings. The van der Waals surface area contributed by atoms with Crippen molar-refractivity contribution in [2.75, 3.05) is 6.54 Å². The first-order valence-corrected chi connectivity index (χ1v) is 6.78. The number of hydrogen-bond acceptors (Lipinski definition) is 2. The van der Waals surface area contributed by atoms with Crippen LogP contribution >= 0.6 is 0 Å². The van der Waals surface area contributed by atoms with E-state index >= 15 is 0 Å². The molecule has 4 heteroatoms. The Morgan fingerprint density at radius 2 is 2.16 bits per heavy atom. The van der Waals surface area contributed by atoms with Gasteiger partial charge in [-0.25, -0.2) is 4.39 Å². The highest BCUT2D eigenvalue weighted by atomic mass is 19.1. The Kier molecular flexibility index (Phi) is 6.50. The zero-order valence-corrected chi connectivity index (χ0v) is 11.9. The lowest BCUT2D eigenvalue weighted by Crippen LogP contribution is -2.37. The topological polar surface area (TPSA) is 41.1 Å². The maximum atomic E-state index is 13.7. The van der Waals surface area contributed by atoms with Crippen LogP contribution in [0.1, 0.15) is 37.8 Å². The molecule has 0 aliphatic carbocycles. The highest BCUT2D eigenvalue weighted by molar-refractivity contribution is 5.78. The second-order valence-corrected chi connectivity index (χ2v) is 4.90. The fourth-order valence-electron chi connectivity index (χ4n) is 1.90. The van der Waals surface area contributed by atoms with Crippen LogP contribution in [-0.4, -0.2) is 18.5 Å². The average Bonchev–Trinajstić information content (AvgIpc) is 2.38. The molecule has 0 radical (unpaired) electrons. The fourth-order valence-corrected chi connectivity index (χ4v) is 1.90. The largest absolute Gasteiger partial charge is 0.351 e. The minimum absolute atomic E-state index is 0.108. The molecule has 0 fully saturated rings. The van der Waals surface area contributed by atoms with Crippen LogP contribution in [0.2, 0.25) is 0 Å². The Balaban J connectivity index is 2.36. The molecule has 1 atom stereocenters. The minimum atomic E-state index is -0.241. The molecule has 1 aromatic carbocycles. The second kappa shape index (κ2) is 7.89. The summed E-state index contributed by atoms with van der Waals surface area (Å²) < 4.78 is 13.7. The van der Waals surface area contributed by atoms with Gasteiger partial charge in [-0.05, 0) is 25.8 Å². The molecule has 2 N–H and O–H groups in total. The molecule has 0 spiro atoms. The van der Waals surface area contributed by atoms with E-state index in [1.165, 1.54) is 0 Å². The number of benzene rings is 1. The number of amides is 1. The van der Waals surface area contributed by atoms with Crippen molar-refractivity contribution in [3.63, 3.8) is 0 Å². The zero-order valence-electron chi connectivity index (χ0n) is 11.9. The third kappa shape index (κ3) is 5.39. The molecule has 1 amide bonds. The van der Waals surface area contributed by atoms with Crippen LogP contribution < -0.4 is 10.6 Å². The van der Waals surface area contributed by atoms with E-state index < -0.39 is 0 Å². The number of halogens is 1. The number of rotatable bonds is 7. The lowest BCUT2D eigenvalue weighted by atomic mass is 10.1. The summed E-state index contributed by atoms with van der Waals surface area (Å²) in [6.45, 7) is 6.38. The first-order chi connectivity index (χ1) is 9.04. The van der Waals surface area contributed by atoms with Crippen molar-refractivity contribution in [1.82, 2.24) is 10.6 Å². The van der Waals surface area contributed by atoms with Crippen LogP contribution in [0.4, 0.5) is 4.39 Å². The van der Waals surface area contributed by atoms with Gasteiger partial charge in [0, 0.05) is 18.2 Å². The summed E-state index contributed by atoms with van der Waals surface area (Å²) in [6.07, 6.45) is 2.13. The van der Waals surface area contributed by atoms with Gasteiger partial charge < -0.3 is 10.6 Å². The van der Waals surface area contributed by atoms with Crippen molar-refractivity contribution < 1.29 is 9.18 Å². The fraction of sp³-hybridized carbons (Fsp3) is 0.533. The van der Waals surface area contributed by atoms with Crippen LogP contribution in [0.3, 0.4) is 0 Å². The normalized spacial score (nSPS) is 12.2. The SMILES string of the molecule is CCC[C@H](C)NCC(=O)NCc1cccc(C)c1F. The molecule has 0 unspecified atom stereocenters. The number of nitrogens with one attached hydrogen (secondary N) is 2. The lowest BCUT2D eigenvalue weighted by molar-refractivity contribution is -0.120. The highest BCUT2D eigenvalue weighted by Gasteiger charge is 2.07. The van der Waals surface area contributed by atoms with Crippen LogP contribution in [0.5, 0.6) is 0 Å². The molecule has 3 nitrogen and oxygen atoms in total. The Morgan fingerprint density at radius 1 is 1.42 bits per heavy atom. The quantitative estimate of drug-likeness (QED) is 0.796. The number of carbonyl (C=O) groups is 1. The Labute approximate surface area is 114 Å². The van der Waals surface area contributed by atoms with Gasteiger partial charge in [-0.15, -0.1) is 0 Å². The molecule has 0 saturated heterocycles. The van der Waals surface area contributed by atoms with Crippen LogP contribution in [0.15, 0.2) is 18.2 Å². The minimum Gasteiger partial charge on any atom is -0.351 e. The van der Waals surface area contributed by atoms with Crippen molar-refractivity contribution >= 4 is 5.91 Å². The first-order valence-electron chi connectivity index (χ1n) is 6.78. The van der Waals surface area contributed by atoms with Gasteiger partial charge in [0.2, 0.25) is 5.91 Å². The van der Waals surface area contributed by atoms with E-state index in [4.69, 9.17) is 0 Å². The van der Waals surface area contributed by atoms with E-state index in [0.717, 1.165) is 12.8 Å². The van der Waals surface area contributed by atoms with Crippen molar-refractivity contribution in [2.24, 2.45) is 0 Å². The first kappa shape index (κ1) is 15.6. The van der Waals surface area contributed by atoms with Gasteiger partial charge in [0.25, 0.3) is 0 Å².